The van der Waals surface area contributed by atoms with Crippen molar-refractivity contribution in [3.05, 3.63) is 48.0 Å². The Balaban J connectivity index is 0.000000854. The second-order valence-corrected chi connectivity index (χ2v) is 17.7. The van der Waals surface area contributed by atoms with E-state index in [1.807, 2.05) is 12.2 Å². The Morgan fingerprint density at radius 3 is 0.907 bits per heavy atom. The monoisotopic (exact) mass is 1070 g/mol. The summed E-state index contributed by atoms with van der Waals surface area (Å²) in [6, 6.07) is 7.87. The van der Waals surface area contributed by atoms with E-state index < -0.39 is 142 Å². The molecule has 0 spiro atoms. The van der Waals surface area contributed by atoms with Crippen LogP contribution >= 0.6 is 0 Å². The minimum atomic E-state index is -1.47. The van der Waals surface area contributed by atoms with Gasteiger partial charge in [-0.2, -0.15) is 0 Å². The Bertz CT molecular complexity index is 2170. The summed E-state index contributed by atoms with van der Waals surface area (Å²) in [6.45, 7) is 1.36. The Morgan fingerprint density at radius 2 is 0.760 bits per heavy atom. The molecule has 6 aliphatic rings. The Hall–Kier alpha value is -8.50. The summed E-state index contributed by atoms with van der Waals surface area (Å²) < 4.78 is 0. The van der Waals surface area contributed by atoms with Crippen molar-refractivity contribution in [3.63, 3.8) is 0 Å². The van der Waals surface area contributed by atoms with E-state index >= 15 is 0 Å². The molecule has 416 valence electrons. The summed E-state index contributed by atoms with van der Waals surface area (Å²) in [5.41, 5.74) is -2.58. The van der Waals surface area contributed by atoms with Gasteiger partial charge in [0.1, 0.15) is 0 Å². The van der Waals surface area contributed by atoms with Crippen LogP contribution in [0.3, 0.4) is 0 Å². The predicted molar refractivity (Wildman–Crippen MR) is 242 cm³/mol. The molecule has 1 aromatic rings. The molecule has 9 atom stereocenters. The summed E-state index contributed by atoms with van der Waals surface area (Å²) in [5, 5.41) is 118. The lowest BCUT2D eigenvalue weighted by molar-refractivity contribution is -0.171. The van der Waals surface area contributed by atoms with Gasteiger partial charge in [-0.05, 0) is 81.6 Å². The minimum Gasteiger partial charge on any atom is -0.481 e. The zero-order valence-electron chi connectivity index (χ0n) is 39.6. The number of fused-ring (bicyclic) bond motifs is 2. The van der Waals surface area contributed by atoms with Gasteiger partial charge in [0.25, 0.3) is 0 Å². The van der Waals surface area contributed by atoms with Gasteiger partial charge in [0, 0.05) is 0 Å². The number of carboxylic acids is 14. The molecule has 2 bridgehead atoms. The number of carboxylic acid groups (broad SMARTS) is 14. The van der Waals surface area contributed by atoms with Crippen LogP contribution in [0, 0.1) is 64.1 Å². The molecule has 0 radical (unpaired) electrons. The molecule has 5 fully saturated rings. The molecule has 75 heavy (non-hydrogen) atoms. The van der Waals surface area contributed by atoms with Crippen molar-refractivity contribution in [2.45, 2.75) is 83.5 Å². The molecule has 5 saturated carbocycles. The molecule has 7 rings (SSSR count). The summed E-state index contributed by atoms with van der Waals surface area (Å²) in [6.07, 6.45) is 7.88. The van der Waals surface area contributed by atoms with Gasteiger partial charge in [-0.1, -0.05) is 49.4 Å². The van der Waals surface area contributed by atoms with E-state index in [1.54, 1.807) is 18.2 Å². The van der Waals surface area contributed by atoms with E-state index in [0.717, 1.165) is 0 Å². The lowest BCUT2D eigenvalue weighted by Gasteiger charge is -2.32. The topological polar surface area (TPSA) is 554 Å². The number of aliphatic carboxylic acids is 14. The first-order valence-corrected chi connectivity index (χ1v) is 22.2. The van der Waals surface area contributed by atoms with Crippen molar-refractivity contribution >= 4 is 83.6 Å². The third-order valence-electron chi connectivity index (χ3n) is 13.0. The third-order valence-corrected chi connectivity index (χ3v) is 13.0. The normalized spacial score (nSPS) is 23.9. The predicted octanol–water partition coefficient (Wildman–Crippen LogP) is 1.52. The van der Waals surface area contributed by atoms with E-state index in [0.29, 0.717) is 38.5 Å². The van der Waals surface area contributed by atoms with E-state index in [2.05, 4.69) is 0 Å². The fourth-order valence-corrected chi connectivity index (χ4v) is 7.76. The van der Waals surface area contributed by atoms with Gasteiger partial charge in [-0.3, -0.25) is 67.1 Å². The molecule has 29 heteroatoms. The van der Waals surface area contributed by atoms with Crippen molar-refractivity contribution in [2.75, 3.05) is 0 Å². The maximum atomic E-state index is 10.8. The van der Waals surface area contributed by atoms with Crippen LogP contribution in [0.5, 0.6) is 0 Å². The van der Waals surface area contributed by atoms with Crippen LogP contribution in [0.1, 0.15) is 89.0 Å². The lowest BCUT2D eigenvalue weighted by atomic mass is 9.69. The molecule has 0 heterocycles. The lowest BCUT2D eigenvalue weighted by Crippen LogP contribution is -2.44. The summed E-state index contributed by atoms with van der Waals surface area (Å²) in [7, 11) is 0. The maximum Gasteiger partial charge on any atom is 0.322 e. The van der Waals surface area contributed by atoms with Crippen LogP contribution in [0.25, 0.3) is 0 Å². The average Bonchev–Trinajstić information content (AvgIpc) is 3.79. The highest BCUT2D eigenvalue weighted by molar-refractivity contribution is 6.01. The van der Waals surface area contributed by atoms with Gasteiger partial charge >= 0.3 is 83.6 Å². The zero-order chi connectivity index (χ0) is 57.2. The Labute approximate surface area is 422 Å². The van der Waals surface area contributed by atoms with Crippen LogP contribution in [-0.4, -0.2) is 161 Å². The van der Waals surface area contributed by atoms with Crippen molar-refractivity contribution in [3.8, 4) is 0 Å². The first-order chi connectivity index (χ1) is 34.2. The molecule has 1 aromatic carbocycles. The van der Waals surface area contributed by atoms with Gasteiger partial charge in [-0.25, -0.2) is 0 Å². The van der Waals surface area contributed by atoms with Crippen molar-refractivity contribution in [1.29, 1.82) is 0 Å². The van der Waals surface area contributed by atoms with E-state index in [9.17, 15) is 67.1 Å². The first kappa shape index (κ1) is 66.5. The van der Waals surface area contributed by atoms with Gasteiger partial charge in [0.05, 0.1) is 47.8 Å². The molecule has 16 N–H and O–H groups in total. The van der Waals surface area contributed by atoms with Gasteiger partial charge < -0.3 is 77.0 Å². The second-order valence-electron chi connectivity index (χ2n) is 17.7. The highest BCUT2D eigenvalue weighted by Gasteiger charge is 2.58. The van der Waals surface area contributed by atoms with Crippen LogP contribution in [0.15, 0.2) is 42.5 Å². The third kappa shape index (κ3) is 18.5. The second kappa shape index (κ2) is 29.3. The number of carbonyl (C=O) groups is 14. The highest BCUT2D eigenvalue weighted by Crippen LogP contribution is 2.48. The van der Waals surface area contributed by atoms with Gasteiger partial charge in [0.2, 0.25) is 0 Å². The largest absolute Gasteiger partial charge is 0.481 e. The number of benzene rings is 1. The molecule has 0 aromatic heterocycles. The van der Waals surface area contributed by atoms with Crippen LogP contribution in [0.4, 0.5) is 0 Å². The Kier molecular flexibility index (Phi) is 25.9. The fourth-order valence-electron chi connectivity index (χ4n) is 7.76. The van der Waals surface area contributed by atoms with Gasteiger partial charge in [-0.15, -0.1) is 0 Å². The SMILES string of the molecule is CC(CC(=O)O)C(=O)O.O.O=C(O)C(C(=O)O)c1ccccc1.O=C(O)C1(C(=O)O)CC1.O=C(O)C1(C(=O)O)CCC1.O=C(O)[C@@H]1CC[C@H]1C(=O)O.O=C(O)[C@H]1CC[C@H]1C(=O)O.O=C(O)[C@H]1[C@H](C(=O)O)[C@@H]2C=C[C@@H]1C2. The molecule has 1 unspecified atom stereocenters. The maximum absolute atomic E-state index is 10.8. The number of hydrogen-bond acceptors (Lipinski definition) is 14. The number of hydrogen-bond donors (Lipinski definition) is 14. The van der Waals surface area contributed by atoms with E-state index in [-0.39, 0.29) is 55.0 Å². The van der Waals surface area contributed by atoms with E-state index in [1.165, 1.54) is 19.1 Å². The van der Waals surface area contributed by atoms with Crippen LogP contribution in [-0.2, 0) is 67.1 Å². The van der Waals surface area contributed by atoms with Crippen molar-refractivity contribution < 1.29 is 144 Å². The number of allylic oxidation sites excluding steroid dienone is 2. The molecule has 29 nitrogen and oxygen atoms in total. The first-order valence-electron chi connectivity index (χ1n) is 22.2. The molecule has 0 amide bonds. The molecule has 6 aliphatic carbocycles. The standard InChI is InChI=1S/C9H10O4.C9H8O4.3C6H8O4.C5H6O4.C5H8O4.H2O/c10-8(11)6-4-1-2-5(3-4)7(6)9(12)13;10-8(11)7(9(12)13)6-4-2-1-3-5-6;7-4(8)6(5(9)10)2-1-3-6;2*7-5(8)3-1-2-4(3)6(9)10;6-3(7)5(1-2-5)4(8)9;1-3(5(8)9)2-4(6)7;/h1-2,4-7H,3H2,(H,10,11)(H,12,13);1-5,7H,(H,10,11)(H,12,13);1-3H2,(H,7,8)(H,9,10);2*3-4H,1-2H2,(H,7,8)(H,9,10);1-2H2,(H,6,7)(H,8,9);3H,2H2,1H3,(H,6,7)(H,8,9);1H2/t4-,5-,6-,7-;;;3-,4+;3-,4-;;;/m1...1.../s1. The number of rotatable bonds is 16. The average molecular weight is 1070 g/mol. The molecule has 0 aliphatic heterocycles. The fraction of sp³-hybridized carbons (Fsp3) is 0.522. The van der Waals surface area contributed by atoms with Crippen molar-refractivity contribution in [2.24, 2.45) is 64.1 Å². The quantitative estimate of drug-likeness (QED) is 0.0824. The molecule has 0 saturated heterocycles. The van der Waals surface area contributed by atoms with E-state index in [4.69, 9.17) is 71.5 Å². The zero-order valence-corrected chi connectivity index (χ0v) is 39.6. The van der Waals surface area contributed by atoms with Crippen LogP contribution < -0.4 is 0 Å². The van der Waals surface area contributed by atoms with Crippen LogP contribution in [0.2, 0.25) is 0 Å². The van der Waals surface area contributed by atoms with Gasteiger partial charge in [0.15, 0.2) is 16.7 Å². The summed E-state index contributed by atoms with van der Waals surface area (Å²) in [5.74, 6) is -22.0. The molecular weight excluding hydrogens is 1020 g/mol. The Morgan fingerprint density at radius 1 is 0.453 bits per heavy atom. The molecular formula is C46H58O29. The summed E-state index contributed by atoms with van der Waals surface area (Å²) >= 11 is 0. The highest BCUT2D eigenvalue weighted by atomic mass is 16.4. The minimum absolute atomic E-state index is 0. The smallest absolute Gasteiger partial charge is 0.322 e. The summed E-state index contributed by atoms with van der Waals surface area (Å²) in [4.78, 5) is 145. The van der Waals surface area contributed by atoms with Crippen molar-refractivity contribution in [1.82, 2.24) is 0 Å².